The van der Waals surface area contributed by atoms with Crippen LogP contribution in [0.5, 0.6) is 0 Å². The average Bonchev–Trinajstić information content (AvgIpc) is 2.39. The second-order valence-corrected chi connectivity index (χ2v) is 6.59. The summed E-state index contributed by atoms with van der Waals surface area (Å²) in [6.45, 7) is 11.0. The summed E-state index contributed by atoms with van der Waals surface area (Å²) in [5.41, 5.74) is 6.45. The Bertz CT molecular complexity index is 205. The van der Waals surface area contributed by atoms with Crippen molar-refractivity contribution >= 4 is 0 Å². The van der Waals surface area contributed by atoms with E-state index >= 15 is 0 Å². The summed E-state index contributed by atoms with van der Waals surface area (Å²) in [5, 5.41) is 0. The topological polar surface area (TPSA) is 35.2 Å². The van der Waals surface area contributed by atoms with Crippen LogP contribution in [-0.4, -0.2) is 17.7 Å². The van der Waals surface area contributed by atoms with Crippen molar-refractivity contribution < 1.29 is 4.74 Å². The second-order valence-electron chi connectivity index (χ2n) is 6.59. The highest BCUT2D eigenvalue weighted by Crippen LogP contribution is 2.32. The number of hydrogen-bond acceptors (Lipinski definition) is 2. The monoisotopic (exact) mass is 213 g/mol. The van der Waals surface area contributed by atoms with Gasteiger partial charge in [0.2, 0.25) is 0 Å². The molecule has 2 heteroatoms. The first kappa shape index (κ1) is 13.0. The zero-order valence-electron chi connectivity index (χ0n) is 11.0. The Morgan fingerprint density at radius 1 is 1.40 bits per heavy atom. The second kappa shape index (κ2) is 4.42. The fraction of sp³-hybridized carbons (Fsp3) is 1.00. The van der Waals surface area contributed by atoms with Gasteiger partial charge in [0, 0.05) is 6.04 Å². The van der Waals surface area contributed by atoms with E-state index in [0.29, 0.717) is 6.10 Å². The Hall–Kier alpha value is -0.0800. The number of rotatable bonds is 3. The van der Waals surface area contributed by atoms with Gasteiger partial charge in [-0.2, -0.15) is 0 Å². The fourth-order valence-corrected chi connectivity index (χ4v) is 2.08. The molecule has 1 fully saturated rings. The molecular formula is C13H27NO. The van der Waals surface area contributed by atoms with Crippen molar-refractivity contribution in [2.45, 2.75) is 78.0 Å². The Morgan fingerprint density at radius 3 is 2.40 bits per heavy atom. The van der Waals surface area contributed by atoms with E-state index in [2.05, 4.69) is 34.6 Å². The molecule has 1 rings (SSSR count). The van der Waals surface area contributed by atoms with Gasteiger partial charge in [0.1, 0.15) is 0 Å². The lowest BCUT2D eigenvalue weighted by molar-refractivity contribution is -0.0205. The normalized spacial score (nSPS) is 28.0. The lowest BCUT2D eigenvalue weighted by Crippen LogP contribution is -2.35. The Kier molecular flexibility index (Phi) is 3.83. The van der Waals surface area contributed by atoms with Crippen molar-refractivity contribution in [3.63, 3.8) is 0 Å². The number of ether oxygens (including phenoxy) is 1. The van der Waals surface area contributed by atoms with Crippen LogP contribution < -0.4 is 5.73 Å². The molecule has 2 N–H and O–H groups in total. The highest BCUT2D eigenvalue weighted by Gasteiger charge is 2.32. The van der Waals surface area contributed by atoms with E-state index in [9.17, 15) is 0 Å². The van der Waals surface area contributed by atoms with Gasteiger partial charge in [0.25, 0.3) is 0 Å². The summed E-state index contributed by atoms with van der Waals surface area (Å²) >= 11 is 0. The molecule has 1 saturated heterocycles. The van der Waals surface area contributed by atoms with E-state index in [1.165, 1.54) is 12.8 Å². The third-order valence-corrected chi connectivity index (χ3v) is 3.47. The Balaban J connectivity index is 2.27. The standard InChI is InChI=1S/C13H27NO/c1-12(2,3)11(14)7-6-10-8-9-13(4,5)15-10/h10-11H,6-9,14H2,1-5H3. The highest BCUT2D eigenvalue weighted by molar-refractivity contribution is 4.83. The molecule has 1 aliphatic rings. The van der Waals surface area contributed by atoms with Crippen LogP contribution in [0.1, 0.15) is 60.3 Å². The summed E-state index contributed by atoms with van der Waals surface area (Å²) in [6, 6.07) is 0.282. The van der Waals surface area contributed by atoms with Crippen LogP contribution in [0, 0.1) is 5.41 Å². The van der Waals surface area contributed by atoms with Gasteiger partial charge < -0.3 is 10.5 Å². The third kappa shape index (κ3) is 4.12. The zero-order chi connectivity index (χ0) is 11.7. The molecule has 0 spiro atoms. The quantitative estimate of drug-likeness (QED) is 0.782. The molecule has 90 valence electrons. The predicted octanol–water partition coefficient (Wildman–Crippen LogP) is 3.10. The highest BCUT2D eigenvalue weighted by atomic mass is 16.5. The van der Waals surface area contributed by atoms with E-state index < -0.39 is 0 Å². The van der Waals surface area contributed by atoms with E-state index in [1.807, 2.05) is 0 Å². The molecule has 0 aromatic carbocycles. The molecule has 0 aliphatic carbocycles. The first-order valence-electron chi connectivity index (χ1n) is 6.14. The number of nitrogens with two attached hydrogens (primary N) is 1. The van der Waals surface area contributed by atoms with Crippen molar-refractivity contribution in [1.29, 1.82) is 0 Å². The molecule has 0 saturated carbocycles. The summed E-state index contributed by atoms with van der Waals surface area (Å²) in [6.07, 6.45) is 5.01. The van der Waals surface area contributed by atoms with Crippen molar-refractivity contribution in [2.24, 2.45) is 11.1 Å². The molecule has 0 aromatic rings. The SMILES string of the molecule is CC1(C)CCC(CCC(N)C(C)(C)C)O1. The lowest BCUT2D eigenvalue weighted by Gasteiger charge is -2.28. The Labute approximate surface area is 94.6 Å². The molecule has 0 radical (unpaired) electrons. The summed E-state index contributed by atoms with van der Waals surface area (Å²) in [7, 11) is 0. The molecule has 0 bridgehead atoms. The minimum absolute atomic E-state index is 0.0937. The summed E-state index contributed by atoms with van der Waals surface area (Å²) in [5.74, 6) is 0. The molecule has 2 unspecified atom stereocenters. The van der Waals surface area contributed by atoms with Gasteiger partial charge in [0.15, 0.2) is 0 Å². The fourth-order valence-electron chi connectivity index (χ4n) is 2.08. The van der Waals surface area contributed by atoms with Crippen LogP contribution in [0.3, 0.4) is 0 Å². The zero-order valence-corrected chi connectivity index (χ0v) is 11.0. The summed E-state index contributed by atoms with van der Waals surface area (Å²) in [4.78, 5) is 0. The Morgan fingerprint density at radius 2 is 2.00 bits per heavy atom. The van der Waals surface area contributed by atoms with E-state index in [4.69, 9.17) is 10.5 Å². The van der Waals surface area contributed by atoms with Crippen molar-refractivity contribution in [1.82, 2.24) is 0 Å². The van der Waals surface area contributed by atoms with Crippen LogP contribution in [0.2, 0.25) is 0 Å². The molecule has 2 nitrogen and oxygen atoms in total. The van der Waals surface area contributed by atoms with E-state index in [0.717, 1.165) is 12.8 Å². The molecule has 0 aromatic heterocycles. The van der Waals surface area contributed by atoms with Gasteiger partial charge >= 0.3 is 0 Å². The van der Waals surface area contributed by atoms with Gasteiger partial charge in [-0.3, -0.25) is 0 Å². The van der Waals surface area contributed by atoms with Crippen LogP contribution in [-0.2, 0) is 4.74 Å². The smallest absolute Gasteiger partial charge is 0.0631 e. The first-order chi connectivity index (χ1) is 6.71. The first-order valence-corrected chi connectivity index (χ1v) is 6.14. The van der Waals surface area contributed by atoms with Gasteiger partial charge in [0.05, 0.1) is 11.7 Å². The average molecular weight is 213 g/mol. The van der Waals surface area contributed by atoms with E-state index in [1.54, 1.807) is 0 Å². The van der Waals surface area contributed by atoms with Crippen LogP contribution >= 0.6 is 0 Å². The lowest BCUT2D eigenvalue weighted by atomic mass is 9.84. The molecule has 0 amide bonds. The van der Waals surface area contributed by atoms with Crippen LogP contribution in [0.25, 0.3) is 0 Å². The number of hydrogen-bond donors (Lipinski definition) is 1. The maximum absolute atomic E-state index is 6.14. The minimum Gasteiger partial charge on any atom is -0.372 e. The third-order valence-electron chi connectivity index (χ3n) is 3.47. The molecular weight excluding hydrogens is 186 g/mol. The van der Waals surface area contributed by atoms with Crippen molar-refractivity contribution in [3.05, 3.63) is 0 Å². The van der Waals surface area contributed by atoms with E-state index in [-0.39, 0.29) is 17.1 Å². The summed E-state index contributed by atoms with van der Waals surface area (Å²) < 4.78 is 5.96. The van der Waals surface area contributed by atoms with Gasteiger partial charge in [-0.25, -0.2) is 0 Å². The van der Waals surface area contributed by atoms with Gasteiger partial charge in [-0.05, 0) is 44.9 Å². The van der Waals surface area contributed by atoms with Crippen LogP contribution in [0.4, 0.5) is 0 Å². The molecule has 2 atom stereocenters. The largest absolute Gasteiger partial charge is 0.372 e. The molecule has 15 heavy (non-hydrogen) atoms. The maximum atomic E-state index is 6.14. The van der Waals surface area contributed by atoms with Gasteiger partial charge in [-0.1, -0.05) is 20.8 Å². The van der Waals surface area contributed by atoms with Crippen molar-refractivity contribution in [2.75, 3.05) is 0 Å². The van der Waals surface area contributed by atoms with Crippen LogP contribution in [0.15, 0.2) is 0 Å². The van der Waals surface area contributed by atoms with Gasteiger partial charge in [-0.15, -0.1) is 0 Å². The van der Waals surface area contributed by atoms with Crippen molar-refractivity contribution in [3.8, 4) is 0 Å². The minimum atomic E-state index is 0.0937. The maximum Gasteiger partial charge on any atom is 0.0631 e. The molecule has 1 aliphatic heterocycles. The predicted molar refractivity (Wildman–Crippen MR) is 64.9 cm³/mol. The molecule has 1 heterocycles.